The number of carboxylic acids is 1. The number of rotatable bonds is 6. The van der Waals surface area contributed by atoms with Gasteiger partial charge in [-0.3, -0.25) is 4.79 Å². The van der Waals surface area contributed by atoms with E-state index in [1.54, 1.807) is 6.92 Å². The first-order chi connectivity index (χ1) is 9.19. The van der Waals surface area contributed by atoms with E-state index in [4.69, 9.17) is 28.3 Å². The van der Waals surface area contributed by atoms with Gasteiger partial charge in [-0.1, -0.05) is 52.5 Å². The van der Waals surface area contributed by atoms with Crippen molar-refractivity contribution < 1.29 is 18.3 Å². The van der Waals surface area contributed by atoms with Crippen molar-refractivity contribution in [2.75, 3.05) is 0 Å². The molecule has 1 aromatic carbocycles. The molecule has 0 amide bonds. The van der Waals surface area contributed by atoms with Gasteiger partial charge in [-0.25, -0.2) is 8.42 Å². The predicted molar refractivity (Wildman–Crippen MR) is 80.8 cm³/mol. The Bertz CT molecular complexity index is 598. The van der Waals surface area contributed by atoms with Crippen LogP contribution in [0.25, 0.3) is 0 Å². The molecule has 0 aliphatic carbocycles. The fraction of sp³-hybridized carbons (Fsp3) is 0.364. The molecule has 9 heteroatoms. The molecule has 0 saturated heterocycles. The summed E-state index contributed by atoms with van der Waals surface area (Å²) >= 11 is 14.9. The molecule has 1 aromatic rings. The van der Waals surface area contributed by atoms with Crippen LogP contribution in [0.15, 0.2) is 21.5 Å². The minimum atomic E-state index is -4.12. The van der Waals surface area contributed by atoms with Crippen LogP contribution in [0.5, 0.6) is 0 Å². The fourth-order valence-corrected chi connectivity index (χ4v) is 4.71. The number of benzene rings is 1. The van der Waals surface area contributed by atoms with Gasteiger partial charge in [0.15, 0.2) is 0 Å². The van der Waals surface area contributed by atoms with Gasteiger partial charge in [0, 0.05) is 4.47 Å². The zero-order valence-corrected chi connectivity index (χ0v) is 14.3. The van der Waals surface area contributed by atoms with Crippen molar-refractivity contribution in [3.8, 4) is 0 Å². The zero-order valence-electron chi connectivity index (χ0n) is 10.4. The molecule has 0 saturated carbocycles. The Morgan fingerprint density at radius 3 is 2.30 bits per heavy atom. The Balaban J connectivity index is 3.20. The molecule has 112 valence electrons. The van der Waals surface area contributed by atoms with Crippen LogP contribution in [0, 0.1) is 0 Å². The van der Waals surface area contributed by atoms with E-state index in [0.29, 0.717) is 10.9 Å². The maximum absolute atomic E-state index is 12.2. The average Bonchev–Trinajstić information content (AvgIpc) is 2.25. The van der Waals surface area contributed by atoms with E-state index in [1.165, 1.54) is 12.1 Å². The molecule has 0 aliphatic heterocycles. The van der Waals surface area contributed by atoms with Crippen LogP contribution in [0.1, 0.15) is 19.8 Å². The zero-order chi connectivity index (χ0) is 15.5. The van der Waals surface area contributed by atoms with E-state index in [-0.39, 0.29) is 21.4 Å². The van der Waals surface area contributed by atoms with Crippen molar-refractivity contribution in [3.05, 3.63) is 26.7 Å². The highest BCUT2D eigenvalue weighted by Gasteiger charge is 2.28. The summed E-state index contributed by atoms with van der Waals surface area (Å²) in [6.45, 7) is 1.75. The highest BCUT2D eigenvalue weighted by Crippen LogP contribution is 2.32. The molecule has 1 atom stereocenters. The van der Waals surface area contributed by atoms with Crippen molar-refractivity contribution >= 4 is 55.1 Å². The third kappa shape index (κ3) is 4.33. The van der Waals surface area contributed by atoms with Crippen LogP contribution in [0.2, 0.25) is 10.0 Å². The Hall–Kier alpha value is -0.340. The lowest BCUT2D eigenvalue weighted by Gasteiger charge is -2.15. The lowest BCUT2D eigenvalue weighted by molar-refractivity contribution is -0.139. The number of nitrogens with one attached hydrogen (secondary N) is 1. The minimum Gasteiger partial charge on any atom is -0.480 e. The Labute approximate surface area is 135 Å². The average molecular weight is 405 g/mol. The number of hydrogen-bond donors (Lipinski definition) is 2. The molecule has 1 rings (SSSR count). The van der Waals surface area contributed by atoms with Gasteiger partial charge in [0.1, 0.15) is 10.9 Å². The van der Waals surface area contributed by atoms with Gasteiger partial charge in [-0.15, -0.1) is 0 Å². The SMILES string of the molecule is CCCC(NS(=O)(=O)c1c(Cl)cc(Br)cc1Cl)C(=O)O. The topological polar surface area (TPSA) is 83.5 Å². The van der Waals surface area contributed by atoms with Crippen LogP contribution < -0.4 is 4.72 Å². The molecule has 0 radical (unpaired) electrons. The lowest BCUT2D eigenvalue weighted by atomic mass is 10.2. The first kappa shape index (κ1) is 17.7. The van der Waals surface area contributed by atoms with Crippen molar-refractivity contribution in [1.29, 1.82) is 0 Å². The molecule has 0 aromatic heterocycles. The van der Waals surface area contributed by atoms with Gasteiger partial charge in [-0.2, -0.15) is 4.72 Å². The highest BCUT2D eigenvalue weighted by molar-refractivity contribution is 9.10. The lowest BCUT2D eigenvalue weighted by Crippen LogP contribution is -2.40. The summed E-state index contributed by atoms with van der Waals surface area (Å²) in [6.07, 6.45) is 0.682. The standard InChI is InChI=1S/C11H12BrCl2NO4S/c1-2-3-9(11(16)17)15-20(18,19)10-7(13)4-6(12)5-8(10)14/h4-5,9,15H,2-3H2,1H3,(H,16,17). The second kappa shape index (κ2) is 7.09. The number of hydrogen-bond acceptors (Lipinski definition) is 3. The number of sulfonamides is 1. The third-order valence-electron chi connectivity index (χ3n) is 2.40. The van der Waals surface area contributed by atoms with Gasteiger partial charge in [-0.05, 0) is 18.6 Å². The maximum Gasteiger partial charge on any atom is 0.321 e. The highest BCUT2D eigenvalue weighted by atomic mass is 79.9. The first-order valence-corrected chi connectivity index (χ1v) is 8.62. The fourth-order valence-electron chi connectivity index (χ4n) is 1.55. The van der Waals surface area contributed by atoms with Gasteiger partial charge in [0.2, 0.25) is 10.0 Å². The van der Waals surface area contributed by atoms with Crippen LogP contribution >= 0.6 is 39.1 Å². The van der Waals surface area contributed by atoms with E-state index in [1.807, 2.05) is 0 Å². The Morgan fingerprint density at radius 1 is 1.40 bits per heavy atom. The molecule has 0 heterocycles. The molecule has 20 heavy (non-hydrogen) atoms. The summed E-state index contributed by atoms with van der Waals surface area (Å²) in [7, 11) is -4.12. The van der Waals surface area contributed by atoms with Crippen LogP contribution in [0.3, 0.4) is 0 Å². The second-order valence-electron chi connectivity index (χ2n) is 4.00. The monoisotopic (exact) mass is 403 g/mol. The van der Waals surface area contributed by atoms with Gasteiger partial charge >= 0.3 is 5.97 Å². The molecule has 5 nitrogen and oxygen atoms in total. The summed E-state index contributed by atoms with van der Waals surface area (Å²) in [5, 5.41) is 8.83. The summed E-state index contributed by atoms with van der Waals surface area (Å²) in [6, 6.07) is 1.52. The summed E-state index contributed by atoms with van der Waals surface area (Å²) in [5.74, 6) is -1.25. The predicted octanol–water partition coefficient (Wildman–Crippen LogP) is 3.29. The smallest absolute Gasteiger partial charge is 0.321 e. The number of halogens is 3. The summed E-state index contributed by atoms with van der Waals surface area (Å²) in [4.78, 5) is 10.7. The molecular weight excluding hydrogens is 393 g/mol. The number of aliphatic carboxylic acids is 1. The molecule has 0 aliphatic rings. The molecule has 0 bridgehead atoms. The van der Waals surface area contributed by atoms with Gasteiger partial charge < -0.3 is 5.11 Å². The van der Waals surface area contributed by atoms with E-state index >= 15 is 0 Å². The minimum absolute atomic E-state index is 0.0856. The van der Waals surface area contributed by atoms with Crippen molar-refractivity contribution in [2.24, 2.45) is 0 Å². The van der Waals surface area contributed by atoms with Crippen LogP contribution in [-0.4, -0.2) is 25.5 Å². The van der Waals surface area contributed by atoms with Crippen LogP contribution in [0.4, 0.5) is 0 Å². The molecule has 0 spiro atoms. The maximum atomic E-state index is 12.2. The second-order valence-corrected chi connectivity index (χ2v) is 7.38. The summed E-state index contributed by atoms with van der Waals surface area (Å²) < 4.78 is 27.1. The number of carbonyl (C=O) groups is 1. The molecule has 2 N–H and O–H groups in total. The van der Waals surface area contributed by atoms with Gasteiger partial charge in [0.05, 0.1) is 10.0 Å². The van der Waals surface area contributed by atoms with E-state index in [0.717, 1.165) is 0 Å². The van der Waals surface area contributed by atoms with Crippen LogP contribution in [-0.2, 0) is 14.8 Å². The quantitative estimate of drug-likeness (QED) is 0.761. The Morgan fingerprint density at radius 2 is 1.90 bits per heavy atom. The summed E-state index contributed by atoms with van der Waals surface area (Å²) in [5.41, 5.74) is 0. The normalized spacial score (nSPS) is 13.2. The molecule has 1 unspecified atom stereocenters. The largest absolute Gasteiger partial charge is 0.480 e. The van der Waals surface area contributed by atoms with E-state index in [9.17, 15) is 13.2 Å². The van der Waals surface area contributed by atoms with Crippen molar-refractivity contribution in [2.45, 2.75) is 30.7 Å². The number of carboxylic acid groups (broad SMARTS) is 1. The van der Waals surface area contributed by atoms with Gasteiger partial charge in [0.25, 0.3) is 0 Å². The van der Waals surface area contributed by atoms with Crippen molar-refractivity contribution in [1.82, 2.24) is 4.72 Å². The molecular formula is C11H12BrCl2NO4S. The Kier molecular flexibility index (Phi) is 6.27. The molecule has 0 fully saturated rings. The van der Waals surface area contributed by atoms with E-state index < -0.39 is 22.0 Å². The van der Waals surface area contributed by atoms with E-state index in [2.05, 4.69) is 20.7 Å². The van der Waals surface area contributed by atoms with Crippen molar-refractivity contribution in [3.63, 3.8) is 0 Å². The first-order valence-electron chi connectivity index (χ1n) is 5.58. The third-order valence-corrected chi connectivity index (χ3v) is 5.25.